The fourth-order valence-electron chi connectivity index (χ4n) is 4.05. The number of hydrogen-bond acceptors (Lipinski definition) is 7. The normalized spacial score (nSPS) is 17.4. The summed E-state index contributed by atoms with van der Waals surface area (Å²) in [5.74, 6) is 2.13. The number of piperazine rings is 1. The first kappa shape index (κ1) is 21.7. The lowest BCUT2D eigenvalue weighted by Crippen LogP contribution is -2.55. The standard InChI is InChI=1S/C24H27N3O5/c1-15-5-7-19-21(11-15)32-20-8-6-17(30-3)12-18(20)24(25-19)26-9-10-27(16(2)14-26)22(28)13-23(29)31-4/h5-8,11-12,16H,9-10,13-14H2,1-4H3. The highest BCUT2D eigenvalue weighted by molar-refractivity contribution is 6.04. The molecule has 32 heavy (non-hydrogen) atoms. The predicted octanol–water partition coefficient (Wildman–Crippen LogP) is 3.28. The van der Waals surface area contributed by atoms with Crippen LogP contribution in [0.4, 0.5) is 5.69 Å². The minimum atomic E-state index is -0.525. The largest absolute Gasteiger partial charge is 0.497 e. The summed E-state index contributed by atoms with van der Waals surface area (Å²) in [7, 11) is 2.91. The summed E-state index contributed by atoms with van der Waals surface area (Å²) in [5.41, 5.74) is 2.67. The molecule has 1 atom stereocenters. The number of methoxy groups -OCH3 is 2. The second-order valence-corrected chi connectivity index (χ2v) is 8.01. The summed E-state index contributed by atoms with van der Waals surface area (Å²) in [5, 5.41) is 0. The van der Waals surface area contributed by atoms with Gasteiger partial charge in [0.2, 0.25) is 5.91 Å². The highest BCUT2D eigenvalue weighted by atomic mass is 16.5. The molecule has 0 bridgehead atoms. The van der Waals surface area contributed by atoms with Crippen molar-refractivity contribution in [3.63, 3.8) is 0 Å². The first-order chi connectivity index (χ1) is 15.4. The molecule has 1 amide bonds. The number of carbonyl (C=O) groups is 2. The molecule has 0 aromatic heterocycles. The van der Waals surface area contributed by atoms with Crippen LogP contribution in [-0.4, -0.2) is 67.4 Å². The zero-order valence-electron chi connectivity index (χ0n) is 18.8. The van der Waals surface area contributed by atoms with Gasteiger partial charge in [-0.3, -0.25) is 9.59 Å². The number of benzene rings is 2. The van der Waals surface area contributed by atoms with Crippen LogP contribution in [0.25, 0.3) is 0 Å². The lowest BCUT2D eigenvalue weighted by Gasteiger charge is -2.41. The second kappa shape index (κ2) is 8.90. The molecule has 2 aliphatic heterocycles. The Morgan fingerprint density at radius 3 is 2.66 bits per heavy atom. The minimum Gasteiger partial charge on any atom is -0.497 e. The first-order valence-electron chi connectivity index (χ1n) is 10.6. The second-order valence-electron chi connectivity index (χ2n) is 8.01. The van der Waals surface area contributed by atoms with Crippen LogP contribution in [-0.2, 0) is 14.3 Å². The summed E-state index contributed by atoms with van der Waals surface area (Å²) < 4.78 is 16.3. The van der Waals surface area contributed by atoms with Crippen molar-refractivity contribution < 1.29 is 23.8 Å². The Morgan fingerprint density at radius 2 is 1.94 bits per heavy atom. The number of hydrogen-bond donors (Lipinski definition) is 0. The van der Waals surface area contributed by atoms with Crippen molar-refractivity contribution in [2.45, 2.75) is 26.3 Å². The molecule has 0 N–H and O–H groups in total. The van der Waals surface area contributed by atoms with Gasteiger partial charge in [0.15, 0.2) is 5.75 Å². The third-order valence-corrected chi connectivity index (χ3v) is 5.76. The summed E-state index contributed by atoms with van der Waals surface area (Å²) in [4.78, 5) is 32.9. The molecule has 4 rings (SSSR count). The van der Waals surface area contributed by atoms with E-state index in [0.29, 0.717) is 36.9 Å². The van der Waals surface area contributed by atoms with Gasteiger partial charge in [0.1, 0.15) is 29.4 Å². The highest BCUT2D eigenvalue weighted by Crippen LogP contribution is 2.40. The number of amides is 1. The molecule has 2 aliphatic rings. The summed E-state index contributed by atoms with van der Waals surface area (Å²) in [6.45, 7) is 5.62. The smallest absolute Gasteiger partial charge is 0.315 e. The van der Waals surface area contributed by atoms with Crippen molar-refractivity contribution in [2.24, 2.45) is 4.99 Å². The maximum atomic E-state index is 12.5. The van der Waals surface area contributed by atoms with Crippen LogP contribution in [0.15, 0.2) is 41.4 Å². The lowest BCUT2D eigenvalue weighted by atomic mass is 10.1. The number of amidine groups is 1. The third-order valence-electron chi connectivity index (χ3n) is 5.76. The molecule has 1 saturated heterocycles. The van der Waals surface area contributed by atoms with E-state index in [0.717, 1.165) is 22.6 Å². The SMILES string of the molecule is COC(=O)CC(=O)N1CCN(C2=Nc3ccc(C)cc3Oc3ccc(OC)cc32)CC1C. The van der Waals surface area contributed by atoms with Gasteiger partial charge in [-0.1, -0.05) is 6.07 Å². The summed E-state index contributed by atoms with van der Waals surface area (Å²) >= 11 is 0. The van der Waals surface area contributed by atoms with Gasteiger partial charge in [-0.2, -0.15) is 0 Å². The number of aryl methyl sites for hydroxylation is 1. The van der Waals surface area contributed by atoms with Crippen molar-refractivity contribution in [3.05, 3.63) is 47.5 Å². The molecule has 2 heterocycles. The van der Waals surface area contributed by atoms with Crippen LogP contribution in [0.2, 0.25) is 0 Å². The fourth-order valence-corrected chi connectivity index (χ4v) is 4.05. The molecule has 2 aromatic rings. The van der Waals surface area contributed by atoms with Crippen molar-refractivity contribution >= 4 is 23.4 Å². The maximum absolute atomic E-state index is 12.5. The lowest BCUT2D eigenvalue weighted by molar-refractivity contribution is -0.148. The van der Waals surface area contributed by atoms with Crippen LogP contribution in [0.3, 0.4) is 0 Å². The first-order valence-corrected chi connectivity index (χ1v) is 10.6. The number of fused-ring (bicyclic) bond motifs is 2. The van der Waals surface area contributed by atoms with E-state index in [2.05, 4.69) is 9.64 Å². The maximum Gasteiger partial charge on any atom is 0.315 e. The summed E-state index contributed by atoms with van der Waals surface area (Å²) in [6.07, 6.45) is -0.248. The van der Waals surface area contributed by atoms with E-state index in [9.17, 15) is 9.59 Å². The molecular formula is C24H27N3O5. The molecule has 2 aromatic carbocycles. The van der Waals surface area contributed by atoms with Crippen molar-refractivity contribution in [3.8, 4) is 17.2 Å². The molecule has 0 saturated carbocycles. The Labute approximate surface area is 187 Å². The topological polar surface area (TPSA) is 80.7 Å². The van der Waals surface area contributed by atoms with E-state index >= 15 is 0 Å². The van der Waals surface area contributed by atoms with Gasteiger partial charge >= 0.3 is 5.97 Å². The van der Waals surface area contributed by atoms with Crippen LogP contribution in [0.1, 0.15) is 24.5 Å². The van der Waals surface area contributed by atoms with Gasteiger partial charge < -0.3 is 24.0 Å². The number of rotatable bonds is 3. The van der Waals surface area contributed by atoms with Crippen LogP contribution in [0, 0.1) is 6.92 Å². The molecule has 1 fully saturated rings. The third kappa shape index (κ3) is 4.26. The fraction of sp³-hybridized carbons (Fsp3) is 0.375. The van der Waals surface area contributed by atoms with E-state index in [4.69, 9.17) is 14.5 Å². The van der Waals surface area contributed by atoms with Crippen LogP contribution < -0.4 is 9.47 Å². The molecule has 168 valence electrons. The van der Waals surface area contributed by atoms with E-state index in [1.807, 2.05) is 50.2 Å². The highest BCUT2D eigenvalue weighted by Gasteiger charge is 2.32. The van der Waals surface area contributed by atoms with Crippen molar-refractivity contribution in [1.29, 1.82) is 0 Å². The van der Waals surface area contributed by atoms with E-state index < -0.39 is 5.97 Å². The van der Waals surface area contributed by atoms with E-state index in [1.165, 1.54) is 7.11 Å². The van der Waals surface area contributed by atoms with Crippen molar-refractivity contribution in [1.82, 2.24) is 9.80 Å². The number of nitrogens with zero attached hydrogens (tertiary/aromatic N) is 3. The molecule has 8 nitrogen and oxygen atoms in total. The van der Waals surface area contributed by atoms with E-state index in [-0.39, 0.29) is 18.4 Å². The molecule has 1 unspecified atom stereocenters. The zero-order valence-corrected chi connectivity index (χ0v) is 18.8. The Kier molecular flexibility index (Phi) is 6.03. The average Bonchev–Trinajstić information content (AvgIpc) is 2.94. The Bertz CT molecular complexity index is 1080. The number of carbonyl (C=O) groups excluding carboxylic acids is 2. The van der Waals surface area contributed by atoms with Gasteiger partial charge in [0.25, 0.3) is 0 Å². The zero-order chi connectivity index (χ0) is 22.8. The van der Waals surface area contributed by atoms with Gasteiger partial charge in [-0.15, -0.1) is 0 Å². The van der Waals surface area contributed by atoms with Gasteiger partial charge in [-0.25, -0.2) is 4.99 Å². The minimum absolute atomic E-state index is 0.0978. The quantitative estimate of drug-likeness (QED) is 0.542. The van der Waals surface area contributed by atoms with Gasteiger partial charge in [0, 0.05) is 25.7 Å². The monoisotopic (exact) mass is 437 g/mol. The Balaban J connectivity index is 1.67. The number of ether oxygens (including phenoxy) is 3. The van der Waals surface area contributed by atoms with Crippen LogP contribution in [0.5, 0.6) is 17.2 Å². The summed E-state index contributed by atoms with van der Waals surface area (Å²) in [6, 6.07) is 11.5. The van der Waals surface area contributed by atoms with Crippen LogP contribution >= 0.6 is 0 Å². The number of esters is 1. The van der Waals surface area contributed by atoms with Gasteiger partial charge in [-0.05, 0) is 49.7 Å². The molecular weight excluding hydrogens is 410 g/mol. The molecule has 0 radical (unpaired) electrons. The predicted molar refractivity (Wildman–Crippen MR) is 120 cm³/mol. The molecule has 8 heteroatoms. The average molecular weight is 437 g/mol. The van der Waals surface area contributed by atoms with E-state index in [1.54, 1.807) is 12.0 Å². The molecule has 0 aliphatic carbocycles. The Hall–Kier alpha value is -3.55. The van der Waals surface area contributed by atoms with Crippen molar-refractivity contribution in [2.75, 3.05) is 33.9 Å². The van der Waals surface area contributed by atoms with Gasteiger partial charge in [0.05, 0.1) is 19.8 Å². The number of aliphatic imine (C=N–C) groups is 1. The Morgan fingerprint density at radius 1 is 1.12 bits per heavy atom. The molecule has 0 spiro atoms.